The molecular formula is C14H20N2O. The summed E-state index contributed by atoms with van der Waals surface area (Å²) in [6, 6.07) is 7.96. The summed E-state index contributed by atoms with van der Waals surface area (Å²) < 4.78 is 0. The van der Waals surface area contributed by atoms with Crippen molar-refractivity contribution < 1.29 is 4.79 Å². The lowest BCUT2D eigenvalue weighted by molar-refractivity contribution is -0.118. The molecule has 1 amide bonds. The Bertz CT molecular complexity index is 410. The van der Waals surface area contributed by atoms with E-state index in [2.05, 4.69) is 18.3 Å². The van der Waals surface area contributed by atoms with Gasteiger partial charge in [-0.1, -0.05) is 19.1 Å². The number of carbonyl (C=O) groups excluding carboxylic acids is 1. The molecule has 1 fully saturated rings. The Morgan fingerprint density at radius 3 is 2.82 bits per heavy atom. The molecule has 1 aliphatic carbocycles. The Balaban J connectivity index is 1.93. The number of benzene rings is 1. The summed E-state index contributed by atoms with van der Waals surface area (Å²) in [5, 5.41) is 2.92. The molecule has 3 N–H and O–H groups in total. The lowest BCUT2D eigenvalue weighted by Gasteiger charge is -2.37. The molecule has 0 atom stereocenters. The molecule has 0 spiro atoms. The zero-order valence-corrected chi connectivity index (χ0v) is 10.3. The summed E-state index contributed by atoms with van der Waals surface area (Å²) in [5.74, 6) is 0.0282. The minimum atomic E-state index is -0.244. The van der Waals surface area contributed by atoms with Crippen molar-refractivity contribution in [3.05, 3.63) is 29.8 Å². The van der Waals surface area contributed by atoms with Gasteiger partial charge in [-0.15, -0.1) is 0 Å². The number of amides is 1. The molecule has 3 nitrogen and oxygen atoms in total. The molecule has 1 saturated carbocycles. The molecule has 3 heteroatoms. The fraction of sp³-hybridized carbons (Fsp3) is 0.500. The maximum absolute atomic E-state index is 11.8. The molecule has 0 radical (unpaired) electrons. The number of hydrogen-bond acceptors (Lipinski definition) is 2. The fourth-order valence-corrected chi connectivity index (χ4v) is 2.20. The first-order valence-electron chi connectivity index (χ1n) is 6.29. The van der Waals surface area contributed by atoms with Gasteiger partial charge in [-0.2, -0.15) is 0 Å². The van der Waals surface area contributed by atoms with E-state index in [-0.39, 0.29) is 11.4 Å². The first-order valence-corrected chi connectivity index (χ1v) is 6.29. The van der Waals surface area contributed by atoms with Gasteiger partial charge in [0, 0.05) is 17.6 Å². The minimum absolute atomic E-state index is 0.0282. The highest BCUT2D eigenvalue weighted by Gasteiger charge is 2.34. The van der Waals surface area contributed by atoms with Gasteiger partial charge in [0.2, 0.25) is 5.91 Å². The summed E-state index contributed by atoms with van der Waals surface area (Å²) in [4.78, 5) is 11.8. The molecular weight excluding hydrogens is 212 g/mol. The van der Waals surface area contributed by atoms with E-state index in [0.29, 0.717) is 6.42 Å². The second-order valence-electron chi connectivity index (χ2n) is 4.99. The third-order valence-electron chi connectivity index (χ3n) is 3.48. The Morgan fingerprint density at radius 2 is 2.24 bits per heavy atom. The highest BCUT2D eigenvalue weighted by atomic mass is 16.1. The SMILES string of the molecule is CCc1cccc(NC(=O)CC2(N)CCC2)c1. The molecule has 1 aliphatic rings. The van der Waals surface area contributed by atoms with Crippen LogP contribution in [0.25, 0.3) is 0 Å². The maximum atomic E-state index is 11.8. The van der Waals surface area contributed by atoms with Crippen molar-refractivity contribution in [1.29, 1.82) is 0 Å². The smallest absolute Gasteiger partial charge is 0.226 e. The lowest BCUT2D eigenvalue weighted by Crippen LogP contribution is -2.48. The molecule has 0 aliphatic heterocycles. The largest absolute Gasteiger partial charge is 0.326 e. The molecule has 0 bridgehead atoms. The summed E-state index contributed by atoms with van der Waals surface area (Å²) in [5.41, 5.74) is 7.91. The Morgan fingerprint density at radius 1 is 1.47 bits per heavy atom. The van der Waals surface area contributed by atoms with Crippen molar-refractivity contribution in [3.8, 4) is 0 Å². The molecule has 0 unspecified atom stereocenters. The molecule has 1 aromatic carbocycles. The molecule has 17 heavy (non-hydrogen) atoms. The summed E-state index contributed by atoms with van der Waals surface area (Å²) in [6.07, 6.45) is 4.49. The van der Waals surface area contributed by atoms with Crippen LogP contribution in [0, 0.1) is 0 Å². The van der Waals surface area contributed by atoms with Gasteiger partial charge in [-0.05, 0) is 43.4 Å². The Hall–Kier alpha value is -1.35. The second-order valence-corrected chi connectivity index (χ2v) is 4.99. The number of aryl methyl sites for hydroxylation is 1. The van der Waals surface area contributed by atoms with Gasteiger partial charge >= 0.3 is 0 Å². The third kappa shape index (κ3) is 3.07. The minimum Gasteiger partial charge on any atom is -0.326 e. The van der Waals surface area contributed by atoms with Crippen molar-refractivity contribution in [2.24, 2.45) is 5.73 Å². The van der Waals surface area contributed by atoms with Crippen molar-refractivity contribution >= 4 is 11.6 Å². The van der Waals surface area contributed by atoms with Gasteiger partial charge < -0.3 is 11.1 Å². The van der Waals surface area contributed by atoms with Crippen LogP contribution >= 0.6 is 0 Å². The lowest BCUT2D eigenvalue weighted by atomic mass is 9.75. The normalized spacial score (nSPS) is 17.3. The first kappa shape index (κ1) is 12.1. The van der Waals surface area contributed by atoms with Crippen LogP contribution in [0.5, 0.6) is 0 Å². The Labute approximate surface area is 102 Å². The van der Waals surface area contributed by atoms with E-state index < -0.39 is 0 Å². The molecule has 0 saturated heterocycles. The monoisotopic (exact) mass is 232 g/mol. The van der Waals surface area contributed by atoms with Gasteiger partial charge in [-0.3, -0.25) is 4.79 Å². The number of nitrogens with two attached hydrogens (primary N) is 1. The molecule has 0 aromatic heterocycles. The standard InChI is InChI=1S/C14H20N2O/c1-2-11-5-3-6-12(9-11)16-13(17)10-14(15)7-4-8-14/h3,5-6,9H,2,4,7-8,10,15H2,1H3,(H,16,17). The number of anilines is 1. The van der Waals surface area contributed by atoms with Crippen LogP contribution in [-0.2, 0) is 11.2 Å². The van der Waals surface area contributed by atoms with Crippen molar-refractivity contribution in [2.75, 3.05) is 5.32 Å². The van der Waals surface area contributed by atoms with Gasteiger partial charge in [0.05, 0.1) is 0 Å². The van der Waals surface area contributed by atoms with Crippen LogP contribution in [0.2, 0.25) is 0 Å². The van der Waals surface area contributed by atoms with E-state index in [1.807, 2.05) is 18.2 Å². The second kappa shape index (κ2) is 4.88. The van der Waals surface area contributed by atoms with E-state index >= 15 is 0 Å². The number of carbonyl (C=O) groups is 1. The van der Waals surface area contributed by atoms with Crippen molar-refractivity contribution in [3.63, 3.8) is 0 Å². The molecule has 1 aromatic rings. The molecule has 2 rings (SSSR count). The number of hydrogen-bond donors (Lipinski definition) is 2. The fourth-order valence-electron chi connectivity index (χ4n) is 2.20. The van der Waals surface area contributed by atoms with E-state index in [0.717, 1.165) is 31.4 Å². The van der Waals surface area contributed by atoms with E-state index in [1.54, 1.807) is 0 Å². The predicted octanol–water partition coefficient (Wildman–Crippen LogP) is 2.46. The van der Waals surface area contributed by atoms with Crippen LogP contribution in [0.15, 0.2) is 24.3 Å². The topological polar surface area (TPSA) is 55.1 Å². The van der Waals surface area contributed by atoms with Crippen LogP contribution in [0.4, 0.5) is 5.69 Å². The highest BCUT2D eigenvalue weighted by Crippen LogP contribution is 2.32. The summed E-state index contributed by atoms with van der Waals surface area (Å²) in [7, 11) is 0. The van der Waals surface area contributed by atoms with Crippen molar-refractivity contribution in [1.82, 2.24) is 0 Å². The van der Waals surface area contributed by atoms with E-state index in [4.69, 9.17) is 5.73 Å². The average Bonchev–Trinajstić information content (AvgIpc) is 2.27. The van der Waals surface area contributed by atoms with Crippen LogP contribution < -0.4 is 11.1 Å². The van der Waals surface area contributed by atoms with Gasteiger partial charge in [0.25, 0.3) is 0 Å². The first-order chi connectivity index (χ1) is 8.11. The Kier molecular flexibility index (Phi) is 3.48. The van der Waals surface area contributed by atoms with Crippen molar-refractivity contribution in [2.45, 2.75) is 44.6 Å². The average molecular weight is 232 g/mol. The van der Waals surface area contributed by atoms with E-state index in [1.165, 1.54) is 5.56 Å². The quantitative estimate of drug-likeness (QED) is 0.837. The summed E-state index contributed by atoms with van der Waals surface area (Å²) >= 11 is 0. The number of nitrogens with one attached hydrogen (secondary N) is 1. The number of rotatable bonds is 4. The van der Waals surface area contributed by atoms with E-state index in [9.17, 15) is 4.79 Å². The van der Waals surface area contributed by atoms with Crippen LogP contribution in [0.1, 0.15) is 38.2 Å². The van der Waals surface area contributed by atoms with Gasteiger partial charge in [0.1, 0.15) is 0 Å². The maximum Gasteiger partial charge on any atom is 0.226 e. The highest BCUT2D eigenvalue weighted by molar-refractivity contribution is 5.91. The predicted molar refractivity (Wildman–Crippen MR) is 69.8 cm³/mol. The zero-order valence-electron chi connectivity index (χ0n) is 10.3. The van der Waals surface area contributed by atoms with Gasteiger partial charge in [-0.25, -0.2) is 0 Å². The van der Waals surface area contributed by atoms with Gasteiger partial charge in [0.15, 0.2) is 0 Å². The molecule has 92 valence electrons. The third-order valence-corrected chi connectivity index (χ3v) is 3.48. The van der Waals surface area contributed by atoms with Crippen LogP contribution in [0.3, 0.4) is 0 Å². The molecule has 0 heterocycles. The zero-order chi connectivity index (χ0) is 12.3. The summed E-state index contributed by atoms with van der Waals surface area (Å²) in [6.45, 7) is 2.10. The van der Waals surface area contributed by atoms with Crippen LogP contribution in [-0.4, -0.2) is 11.4 Å².